The van der Waals surface area contributed by atoms with Crippen LogP contribution in [-0.2, 0) is 10.0 Å². The van der Waals surface area contributed by atoms with Gasteiger partial charge < -0.3 is 14.6 Å². The van der Waals surface area contributed by atoms with Crippen molar-refractivity contribution in [2.75, 3.05) is 27.3 Å². The molecule has 1 aliphatic rings. The summed E-state index contributed by atoms with van der Waals surface area (Å²) in [4.78, 5) is 0.178. The molecule has 1 fully saturated rings. The van der Waals surface area contributed by atoms with Gasteiger partial charge in [-0.15, -0.1) is 0 Å². The van der Waals surface area contributed by atoms with Gasteiger partial charge in [0, 0.05) is 19.2 Å². The maximum atomic E-state index is 12.4. The fraction of sp³-hybridized carbons (Fsp3) is 0.500. The van der Waals surface area contributed by atoms with E-state index in [-0.39, 0.29) is 18.0 Å². The third-order valence-electron chi connectivity index (χ3n) is 3.13. The normalized spacial score (nSPS) is 17.1. The molecule has 6 nitrogen and oxygen atoms in total. The first-order chi connectivity index (χ1) is 8.90. The zero-order valence-corrected chi connectivity index (χ0v) is 11.9. The third-order valence-corrected chi connectivity index (χ3v) is 5.10. The number of nitrogens with zero attached hydrogens (tertiary/aromatic N) is 1. The molecule has 1 heterocycles. The summed E-state index contributed by atoms with van der Waals surface area (Å²) >= 11 is 0. The summed E-state index contributed by atoms with van der Waals surface area (Å²) < 4.78 is 36.2. The second kappa shape index (κ2) is 4.99. The van der Waals surface area contributed by atoms with Crippen molar-refractivity contribution in [1.29, 1.82) is 0 Å². The van der Waals surface area contributed by atoms with E-state index >= 15 is 0 Å². The second-order valence-electron chi connectivity index (χ2n) is 4.45. The van der Waals surface area contributed by atoms with Gasteiger partial charge in [0.05, 0.1) is 25.2 Å². The summed E-state index contributed by atoms with van der Waals surface area (Å²) in [6.45, 7) is 1.97. The number of rotatable bonds is 4. The predicted octanol–water partition coefficient (Wildman–Crippen LogP) is 0.377. The lowest BCUT2D eigenvalue weighted by atomic mass is 10.2. The lowest BCUT2D eigenvalue weighted by Crippen LogP contribution is -2.53. The third kappa shape index (κ3) is 2.41. The van der Waals surface area contributed by atoms with Crippen molar-refractivity contribution in [2.24, 2.45) is 0 Å². The Labute approximate surface area is 112 Å². The SMILES string of the molecule is COc1cc(C)c(S(=O)(=O)N2CC(O)C2)cc1OC. The fourth-order valence-corrected chi connectivity index (χ4v) is 3.73. The van der Waals surface area contributed by atoms with Crippen molar-refractivity contribution in [3.63, 3.8) is 0 Å². The number of hydrogen-bond donors (Lipinski definition) is 1. The standard InChI is InChI=1S/C12H17NO5S/c1-8-4-10(17-2)11(18-3)5-12(8)19(15,16)13-6-9(14)7-13/h4-5,9,14H,6-7H2,1-3H3. The maximum absolute atomic E-state index is 12.4. The number of methoxy groups -OCH3 is 2. The van der Waals surface area contributed by atoms with E-state index < -0.39 is 16.1 Å². The van der Waals surface area contributed by atoms with Crippen molar-refractivity contribution in [3.8, 4) is 11.5 Å². The first kappa shape index (κ1) is 14.1. The van der Waals surface area contributed by atoms with Crippen LogP contribution in [0.2, 0.25) is 0 Å². The average Bonchev–Trinajstić information content (AvgIpc) is 2.34. The summed E-state index contributed by atoms with van der Waals surface area (Å²) in [6.07, 6.45) is -0.574. The maximum Gasteiger partial charge on any atom is 0.243 e. The first-order valence-electron chi connectivity index (χ1n) is 5.81. The van der Waals surface area contributed by atoms with E-state index in [4.69, 9.17) is 9.47 Å². The Kier molecular flexibility index (Phi) is 3.71. The van der Waals surface area contributed by atoms with Crippen LogP contribution in [0.25, 0.3) is 0 Å². The molecular formula is C12H17NO5S. The Morgan fingerprint density at radius 3 is 2.21 bits per heavy atom. The summed E-state index contributed by atoms with van der Waals surface area (Å²) in [6, 6.07) is 3.08. The van der Waals surface area contributed by atoms with E-state index in [1.807, 2.05) is 0 Å². The molecule has 7 heteroatoms. The lowest BCUT2D eigenvalue weighted by molar-refractivity contribution is 0.0547. The van der Waals surface area contributed by atoms with Crippen LogP contribution in [0.15, 0.2) is 17.0 Å². The minimum atomic E-state index is -3.59. The lowest BCUT2D eigenvalue weighted by Gasteiger charge is -2.35. The number of sulfonamides is 1. The highest BCUT2D eigenvalue weighted by Crippen LogP contribution is 2.34. The number of benzene rings is 1. The molecular weight excluding hydrogens is 270 g/mol. The number of aliphatic hydroxyl groups excluding tert-OH is 1. The molecule has 19 heavy (non-hydrogen) atoms. The molecule has 1 aliphatic heterocycles. The second-order valence-corrected chi connectivity index (χ2v) is 6.35. The molecule has 0 saturated carbocycles. The fourth-order valence-electron chi connectivity index (χ4n) is 1.99. The molecule has 2 rings (SSSR count). The van der Waals surface area contributed by atoms with Gasteiger partial charge in [-0.1, -0.05) is 0 Å². The number of hydrogen-bond acceptors (Lipinski definition) is 5. The van der Waals surface area contributed by atoms with Gasteiger partial charge in [-0.25, -0.2) is 8.42 Å². The van der Waals surface area contributed by atoms with Crippen LogP contribution in [0.1, 0.15) is 5.56 Å². The minimum absolute atomic E-state index is 0.135. The molecule has 0 amide bonds. The highest BCUT2D eigenvalue weighted by molar-refractivity contribution is 7.89. The highest BCUT2D eigenvalue weighted by Gasteiger charge is 2.36. The van der Waals surface area contributed by atoms with Crippen LogP contribution in [0.4, 0.5) is 0 Å². The monoisotopic (exact) mass is 287 g/mol. The Hall–Kier alpha value is -1.31. The minimum Gasteiger partial charge on any atom is -0.493 e. The molecule has 0 atom stereocenters. The van der Waals surface area contributed by atoms with E-state index in [2.05, 4.69) is 0 Å². The van der Waals surface area contributed by atoms with Crippen molar-refractivity contribution < 1.29 is 23.0 Å². The Balaban J connectivity index is 2.45. The van der Waals surface area contributed by atoms with Gasteiger partial charge >= 0.3 is 0 Å². The molecule has 1 aromatic carbocycles. The molecule has 1 aromatic rings. The highest BCUT2D eigenvalue weighted by atomic mass is 32.2. The van der Waals surface area contributed by atoms with Gasteiger partial charge in [-0.05, 0) is 18.6 Å². The summed E-state index contributed by atoms with van der Waals surface area (Å²) in [5.74, 6) is 0.857. The zero-order chi connectivity index (χ0) is 14.2. The molecule has 0 spiro atoms. The van der Waals surface area contributed by atoms with Gasteiger partial charge in [-0.3, -0.25) is 0 Å². The van der Waals surface area contributed by atoms with Crippen LogP contribution in [-0.4, -0.2) is 51.2 Å². The summed E-state index contributed by atoms with van der Waals surface area (Å²) in [7, 11) is -0.633. The molecule has 0 aromatic heterocycles. The summed E-state index contributed by atoms with van der Waals surface area (Å²) in [5, 5.41) is 9.23. The van der Waals surface area contributed by atoms with E-state index in [0.29, 0.717) is 17.1 Å². The van der Waals surface area contributed by atoms with E-state index in [0.717, 1.165) is 0 Å². The molecule has 106 valence electrons. The topological polar surface area (TPSA) is 76.1 Å². The van der Waals surface area contributed by atoms with Crippen molar-refractivity contribution >= 4 is 10.0 Å². The Morgan fingerprint density at radius 2 is 1.74 bits per heavy atom. The average molecular weight is 287 g/mol. The van der Waals surface area contributed by atoms with Crippen molar-refractivity contribution in [2.45, 2.75) is 17.9 Å². The number of β-amino-alcohol motifs (C(OH)–C–C–N with tert-alkyl or cyclic N) is 1. The quantitative estimate of drug-likeness (QED) is 0.866. The number of aryl methyl sites for hydroxylation is 1. The van der Waals surface area contributed by atoms with Gasteiger partial charge in [0.1, 0.15) is 0 Å². The molecule has 0 radical (unpaired) electrons. The predicted molar refractivity (Wildman–Crippen MR) is 69.0 cm³/mol. The van der Waals surface area contributed by atoms with E-state index in [1.165, 1.54) is 24.6 Å². The zero-order valence-electron chi connectivity index (χ0n) is 11.1. The van der Waals surface area contributed by atoms with Crippen LogP contribution in [0.5, 0.6) is 11.5 Å². The molecule has 0 bridgehead atoms. The van der Waals surface area contributed by atoms with Gasteiger partial charge in [-0.2, -0.15) is 4.31 Å². The molecule has 0 aliphatic carbocycles. The first-order valence-corrected chi connectivity index (χ1v) is 7.25. The van der Waals surface area contributed by atoms with Gasteiger partial charge in [0.15, 0.2) is 11.5 Å². The molecule has 0 unspecified atom stereocenters. The van der Waals surface area contributed by atoms with Crippen molar-refractivity contribution in [3.05, 3.63) is 17.7 Å². The largest absolute Gasteiger partial charge is 0.493 e. The molecule has 1 saturated heterocycles. The van der Waals surface area contributed by atoms with Crippen LogP contribution in [0.3, 0.4) is 0 Å². The van der Waals surface area contributed by atoms with Gasteiger partial charge in [0.25, 0.3) is 0 Å². The Bertz CT molecular complexity index is 578. The smallest absolute Gasteiger partial charge is 0.243 e. The van der Waals surface area contributed by atoms with Crippen LogP contribution in [0, 0.1) is 6.92 Å². The van der Waals surface area contributed by atoms with E-state index in [9.17, 15) is 13.5 Å². The molecule has 1 N–H and O–H groups in total. The van der Waals surface area contributed by atoms with E-state index in [1.54, 1.807) is 13.0 Å². The number of ether oxygens (including phenoxy) is 2. The Morgan fingerprint density at radius 1 is 1.21 bits per heavy atom. The van der Waals surface area contributed by atoms with Crippen LogP contribution < -0.4 is 9.47 Å². The van der Waals surface area contributed by atoms with Gasteiger partial charge in [0.2, 0.25) is 10.0 Å². The number of aliphatic hydroxyl groups is 1. The van der Waals surface area contributed by atoms with Crippen LogP contribution >= 0.6 is 0 Å². The summed E-state index contributed by atoms with van der Waals surface area (Å²) in [5.41, 5.74) is 0.582. The van der Waals surface area contributed by atoms with Crippen molar-refractivity contribution in [1.82, 2.24) is 4.31 Å².